The molecule has 0 spiro atoms. The van der Waals surface area contributed by atoms with Crippen molar-refractivity contribution in [3.8, 4) is 5.69 Å². The van der Waals surface area contributed by atoms with E-state index in [0.29, 0.717) is 37.4 Å². The molecule has 1 fully saturated rings. The predicted molar refractivity (Wildman–Crippen MR) is 118 cm³/mol. The smallest absolute Gasteiger partial charge is 0.256 e. The number of nitrogens with zero attached hydrogens (tertiary/aromatic N) is 3. The molecular formula is C24H25FN4O2. The molecule has 6 nitrogen and oxygen atoms in total. The molecule has 0 radical (unpaired) electrons. The van der Waals surface area contributed by atoms with Gasteiger partial charge in [0.1, 0.15) is 5.82 Å². The maximum absolute atomic E-state index is 14.0. The molecule has 3 heterocycles. The summed E-state index contributed by atoms with van der Waals surface area (Å²) in [4.78, 5) is 15.6. The summed E-state index contributed by atoms with van der Waals surface area (Å²) in [6.45, 7) is 8.17. The lowest BCUT2D eigenvalue weighted by Gasteiger charge is -2.27. The summed E-state index contributed by atoms with van der Waals surface area (Å²) in [5.41, 5.74) is 4.84. The number of halogens is 1. The van der Waals surface area contributed by atoms with Crippen LogP contribution in [0.3, 0.4) is 0 Å². The third-order valence-corrected chi connectivity index (χ3v) is 6.02. The van der Waals surface area contributed by atoms with Crippen LogP contribution in [-0.4, -0.2) is 51.9 Å². The number of ether oxygens (including phenoxy) is 1. The molecule has 31 heavy (non-hydrogen) atoms. The standard InChI is InChI=1S/C24H25FN4O2/c1-14(2)23-22(24(30)28-6-8-31-9-7-28)18-12-20-16(13-26-27-20)11-21(18)29(23)17-4-5-19(25)15(3)10-17/h4-5,10-14H,6-9H2,1-3H3,(H,26,27). The van der Waals surface area contributed by atoms with E-state index in [2.05, 4.69) is 34.7 Å². The summed E-state index contributed by atoms with van der Waals surface area (Å²) >= 11 is 0. The van der Waals surface area contributed by atoms with E-state index in [4.69, 9.17) is 4.74 Å². The van der Waals surface area contributed by atoms with Crippen LogP contribution in [0.1, 0.15) is 41.4 Å². The monoisotopic (exact) mass is 420 g/mol. The summed E-state index contributed by atoms with van der Waals surface area (Å²) in [6, 6.07) is 9.15. The van der Waals surface area contributed by atoms with Crippen molar-refractivity contribution in [3.05, 3.63) is 59.2 Å². The highest BCUT2D eigenvalue weighted by molar-refractivity contribution is 6.12. The number of aromatic nitrogens is 3. The summed E-state index contributed by atoms with van der Waals surface area (Å²) in [7, 11) is 0. The fourth-order valence-corrected chi connectivity index (χ4v) is 4.49. The average molecular weight is 420 g/mol. The van der Waals surface area contributed by atoms with E-state index in [1.807, 2.05) is 17.0 Å². The Bertz CT molecular complexity index is 1300. The van der Waals surface area contributed by atoms with Gasteiger partial charge in [0.15, 0.2) is 0 Å². The molecule has 0 unspecified atom stereocenters. The Hall–Kier alpha value is -3.19. The molecule has 1 amide bonds. The number of amides is 1. The minimum absolute atomic E-state index is 0.00782. The Morgan fingerprint density at radius 2 is 1.97 bits per heavy atom. The second-order valence-corrected chi connectivity index (χ2v) is 8.42. The predicted octanol–water partition coefficient (Wildman–Crippen LogP) is 4.55. The van der Waals surface area contributed by atoms with Crippen LogP contribution in [-0.2, 0) is 4.74 Å². The summed E-state index contributed by atoms with van der Waals surface area (Å²) in [6.07, 6.45) is 1.78. The van der Waals surface area contributed by atoms with E-state index < -0.39 is 0 Å². The molecule has 1 aliphatic heterocycles. The van der Waals surface area contributed by atoms with Gasteiger partial charge in [-0.2, -0.15) is 5.10 Å². The zero-order chi connectivity index (χ0) is 21.7. The van der Waals surface area contributed by atoms with Gasteiger partial charge in [-0.25, -0.2) is 4.39 Å². The number of carbonyl (C=O) groups is 1. The van der Waals surface area contributed by atoms with Crippen LogP contribution in [0, 0.1) is 12.7 Å². The van der Waals surface area contributed by atoms with Crippen LogP contribution in [0.25, 0.3) is 27.5 Å². The minimum atomic E-state index is -0.242. The maximum Gasteiger partial charge on any atom is 0.256 e. The van der Waals surface area contributed by atoms with E-state index in [1.54, 1.807) is 19.2 Å². The Morgan fingerprint density at radius 3 is 2.68 bits per heavy atom. The second-order valence-electron chi connectivity index (χ2n) is 8.42. The molecule has 7 heteroatoms. The fraction of sp³-hybridized carbons (Fsp3) is 0.333. The van der Waals surface area contributed by atoms with Gasteiger partial charge in [-0.05, 0) is 48.7 Å². The molecule has 1 aliphatic rings. The highest BCUT2D eigenvalue weighted by atomic mass is 19.1. The number of aryl methyl sites for hydroxylation is 1. The second kappa shape index (κ2) is 7.50. The van der Waals surface area contributed by atoms with Gasteiger partial charge in [0.2, 0.25) is 0 Å². The van der Waals surface area contributed by atoms with Crippen molar-refractivity contribution in [3.63, 3.8) is 0 Å². The molecule has 160 valence electrons. The van der Waals surface area contributed by atoms with Crippen LogP contribution in [0.15, 0.2) is 36.5 Å². The van der Waals surface area contributed by atoms with E-state index in [-0.39, 0.29) is 17.6 Å². The van der Waals surface area contributed by atoms with Gasteiger partial charge in [-0.1, -0.05) is 13.8 Å². The Labute approximate surface area is 179 Å². The summed E-state index contributed by atoms with van der Waals surface area (Å²) in [5, 5.41) is 9.01. The highest BCUT2D eigenvalue weighted by Crippen LogP contribution is 2.37. The number of hydrogen-bond acceptors (Lipinski definition) is 3. The van der Waals surface area contributed by atoms with Crippen molar-refractivity contribution in [2.24, 2.45) is 0 Å². The zero-order valence-corrected chi connectivity index (χ0v) is 17.9. The molecule has 1 N–H and O–H groups in total. The molecule has 5 rings (SSSR count). The van der Waals surface area contributed by atoms with E-state index in [9.17, 15) is 9.18 Å². The molecule has 2 aromatic heterocycles. The van der Waals surface area contributed by atoms with Crippen LogP contribution in [0.2, 0.25) is 0 Å². The first kappa shape index (κ1) is 19.8. The number of aromatic amines is 1. The lowest BCUT2D eigenvalue weighted by molar-refractivity contribution is 0.0303. The number of nitrogens with one attached hydrogen (secondary N) is 1. The number of fused-ring (bicyclic) bond motifs is 2. The first-order valence-electron chi connectivity index (χ1n) is 10.6. The van der Waals surface area contributed by atoms with Crippen molar-refractivity contribution in [1.82, 2.24) is 19.7 Å². The maximum atomic E-state index is 14.0. The topological polar surface area (TPSA) is 63.1 Å². The van der Waals surface area contributed by atoms with E-state index in [0.717, 1.165) is 33.2 Å². The lowest BCUT2D eigenvalue weighted by atomic mass is 10.0. The van der Waals surface area contributed by atoms with Crippen molar-refractivity contribution in [1.29, 1.82) is 0 Å². The van der Waals surface area contributed by atoms with Gasteiger partial charge < -0.3 is 14.2 Å². The molecular weight excluding hydrogens is 395 g/mol. The molecule has 0 atom stereocenters. The van der Waals surface area contributed by atoms with Crippen LogP contribution in [0.5, 0.6) is 0 Å². The fourth-order valence-electron chi connectivity index (χ4n) is 4.49. The SMILES string of the molecule is Cc1cc(-n2c(C(C)C)c(C(=O)N3CCOCC3)c3cc4[nH]ncc4cc32)ccc1F. The lowest BCUT2D eigenvalue weighted by Crippen LogP contribution is -2.41. The number of morpholine rings is 1. The molecule has 1 saturated heterocycles. The van der Waals surface area contributed by atoms with E-state index >= 15 is 0 Å². The Morgan fingerprint density at radius 1 is 1.19 bits per heavy atom. The van der Waals surface area contributed by atoms with Crippen LogP contribution >= 0.6 is 0 Å². The number of rotatable bonds is 3. The van der Waals surface area contributed by atoms with Gasteiger partial charge >= 0.3 is 0 Å². The minimum Gasteiger partial charge on any atom is -0.378 e. The van der Waals surface area contributed by atoms with Crippen molar-refractivity contribution < 1.29 is 13.9 Å². The number of benzene rings is 2. The first-order chi connectivity index (χ1) is 15.0. The van der Waals surface area contributed by atoms with Gasteiger partial charge in [-0.15, -0.1) is 0 Å². The third kappa shape index (κ3) is 3.20. The first-order valence-corrected chi connectivity index (χ1v) is 10.6. The number of H-pyrrole nitrogens is 1. The Kier molecular flexibility index (Phi) is 4.78. The average Bonchev–Trinajstić information content (AvgIpc) is 3.36. The number of carbonyl (C=O) groups excluding carboxylic acids is 1. The van der Waals surface area contributed by atoms with Gasteiger partial charge in [-0.3, -0.25) is 9.89 Å². The molecule has 0 bridgehead atoms. The summed E-state index contributed by atoms with van der Waals surface area (Å²) < 4.78 is 21.6. The summed E-state index contributed by atoms with van der Waals surface area (Å²) in [5.74, 6) is -0.157. The van der Waals surface area contributed by atoms with Crippen molar-refractivity contribution in [2.45, 2.75) is 26.7 Å². The largest absolute Gasteiger partial charge is 0.378 e. The molecule has 0 aliphatic carbocycles. The quantitative estimate of drug-likeness (QED) is 0.529. The van der Waals surface area contributed by atoms with Crippen molar-refractivity contribution in [2.75, 3.05) is 26.3 Å². The number of hydrogen-bond donors (Lipinski definition) is 1. The van der Waals surface area contributed by atoms with Crippen LogP contribution in [0.4, 0.5) is 4.39 Å². The van der Waals surface area contributed by atoms with Crippen LogP contribution < -0.4 is 0 Å². The van der Waals surface area contributed by atoms with E-state index in [1.165, 1.54) is 6.07 Å². The zero-order valence-electron chi connectivity index (χ0n) is 17.9. The molecule has 0 saturated carbocycles. The third-order valence-electron chi connectivity index (χ3n) is 6.02. The van der Waals surface area contributed by atoms with Gasteiger partial charge in [0, 0.05) is 35.2 Å². The molecule has 4 aromatic rings. The molecule has 2 aromatic carbocycles. The highest BCUT2D eigenvalue weighted by Gasteiger charge is 2.29. The Balaban J connectivity index is 1.85. The van der Waals surface area contributed by atoms with Crippen molar-refractivity contribution >= 4 is 27.7 Å². The van der Waals surface area contributed by atoms with Gasteiger partial charge in [0.05, 0.1) is 36.0 Å². The normalized spacial score (nSPS) is 14.8. The van der Waals surface area contributed by atoms with Gasteiger partial charge in [0.25, 0.3) is 5.91 Å².